The number of rotatable bonds is 3. The molecule has 0 unspecified atom stereocenters. The van der Waals surface area contributed by atoms with Crippen molar-refractivity contribution in [2.75, 3.05) is 5.75 Å². The van der Waals surface area contributed by atoms with E-state index in [1.165, 1.54) is 0 Å². The van der Waals surface area contributed by atoms with Crippen LogP contribution in [0, 0.1) is 0 Å². The first kappa shape index (κ1) is 12.6. The highest BCUT2D eigenvalue weighted by Crippen LogP contribution is 2.40. The minimum Gasteiger partial charge on any atom is -0.379 e. The molecule has 0 saturated carbocycles. The summed E-state index contributed by atoms with van der Waals surface area (Å²) in [5.74, 6) is 0.687. The lowest BCUT2D eigenvalue weighted by molar-refractivity contribution is 0.0710. The van der Waals surface area contributed by atoms with Gasteiger partial charge in [-0.1, -0.05) is 60.7 Å². The molecule has 1 aliphatic heterocycles. The first-order chi connectivity index (χ1) is 9.23. The van der Waals surface area contributed by atoms with Crippen molar-refractivity contribution in [3.63, 3.8) is 0 Å². The normalized spacial score (nSPS) is 22.8. The van der Waals surface area contributed by atoms with Gasteiger partial charge in [0, 0.05) is 16.6 Å². The zero-order chi connectivity index (χ0) is 13.3. The molecule has 0 amide bonds. The van der Waals surface area contributed by atoms with Gasteiger partial charge in [-0.25, -0.2) is 0 Å². The van der Waals surface area contributed by atoms with E-state index in [4.69, 9.17) is 0 Å². The number of benzene rings is 2. The van der Waals surface area contributed by atoms with Crippen LogP contribution in [0.1, 0.15) is 17.5 Å². The summed E-state index contributed by atoms with van der Waals surface area (Å²) in [6.07, 6.45) is 0.799. The van der Waals surface area contributed by atoms with Crippen LogP contribution < -0.4 is 0 Å². The van der Waals surface area contributed by atoms with Gasteiger partial charge in [-0.15, -0.1) is 0 Å². The van der Waals surface area contributed by atoms with E-state index in [0.717, 1.165) is 17.5 Å². The maximum atomic E-state index is 12.0. The third-order valence-corrected chi connectivity index (χ3v) is 5.64. The summed E-state index contributed by atoms with van der Waals surface area (Å²) in [6.45, 7) is 0. The van der Waals surface area contributed by atoms with Crippen LogP contribution in [0.5, 0.6) is 0 Å². The van der Waals surface area contributed by atoms with Crippen LogP contribution in [0.3, 0.4) is 0 Å². The predicted molar refractivity (Wildman–Crippen MR) is 77.3 cm³/mol. The zero-order valence-corrected chi connectivity index (χ0v) is 11.3. The largest absolute Gasteiger partial charge is 0.379 e. The second kappa shape index (κ2) is 4.91. The zero-order valence-electron chi connectivity index (χ0n) is 10.5. The van der Waals surface area contributed by atoms with Crippen LogP contribution in [0.4, 0.5) is 0 Å². The molecule has 2 aromatic carbocycles. The van der Waals surface area contributed by atoms with Crippen LogP contribution >= 0.6 is 0 Å². The van der Waals surface area contributed by atoms with Gasteiger partial charge >= 0.3 is 0 Å². The highest BCUT2D eigenvalue weighted by atomic mass is 32.2. The minimum atomic E-state index is -1.15. The molecular weight excluding hydrogens is 256 g/mol. The van der Waals surface area contributed by atoms with E-state index >= 15 is 0 Å². The van der Waals surface area contributed by atoms with Gasteiger partial charge in [-0.3, -0.25) is 4.21 Å². The highest BCUT2D eigenvalue weighted by molar-refractivity contribution is 7.87. The molecule has 3 heteroatoms. The van der Waals surface area contributed by atoms with E-state index in [0.29, 0.717) is 5.75 Å². The maximum Gasteiger partial charge on any atom is 0.129 e. The molecule has 0 bridgehead atoms. The summed E-state index contributed by atoms with van der Waals surface area (Å²) in [7, 11) is -0.950. The Bertz CT molecular complexity index is 541. The summed E-state index contributed by atoms with van der Waals surface area (Å²) in [5, 5.41) is 11.0. The Morgan fingerprint density at radius 1 is 0.947 bits per heavy atom. The molecule has 0 radical (unpaired) electrons. The van der Waals surface area contributed by atoms with Crippen molar-refractivity contribution in [1.82, 2.24) is 0 Å². The molecule has 98 valence electrons. The van der Waals surface area contributed by atoms with Crippen LogP contribution in [-0.2, 0) is 16.4 Å². The smallest absolute Gasteiger partial charge is 0.129 e. The van der Waals surface area contributed by atoms with Crippen molar-refractivity contribution in [3.05, 3.63) is 71.8 Å². The summed E-state index contributed by atoms with van der Waals surface area (Å²) in [5.41, 5.74) is 0.490. The molecule has 0 spiro atoms. The number of aliphatic hydroxyl groups is 1. The van der Waals surface area contributed by atoms with Crippen LogP contribution in [0.2, 0.25) is 0 Å². The van der Waals surface area contributed by atoms with Crippen LogP contribution in [0.15, 0.2) is 60.7 Å². The second-order valence-corrected chi connectivity index (χ2v) is 6.60. The Balaban J connectivity index is 2.13. The summed E-state index contributed by atoms with van der Waals surface area (Å²) in [4.78, 5) is 0. The molecule has 1 saturated heterocycles. The molecule has 2 atom stereocenters. The molecule has 0 aliphatic carbocycles. The van der Waals surface area contributed by atoms with Crippen molar-refractivity contribution in [2.24, 2.45) is 0 Å². The number of hydrogen-bond acceptors (Lipinski definition) is 2. The fourth-order valence-electron chi connectivity index (χ4n) is 2.65. The first-order valence-electron chi connectivity index (χ1n) is 6.43. The van der Waals surface area contributed by atoms with E-state index in [1.807, 2.05) is 60.7 Å². The lowest BCUT2D eigenvalue weighted by atomic mass is 9.82. The van der Waals surface area contributed by atoms with Gasteiger partial charge in [-0.05, 0) is 17.5 Å². The fourth-order valence-corrected chi connectivity index (χ4v) is 3.97. The van der Waals surface area contributed by atoms with Crippen LogP contribution in [-0.4, -0.2) is 20.3 Å². The highest BCUT2D eigenvalue weighted by Gasteiger charge is 2.47. The molecule has 1 N–H and O–H groups in total. The van der Waals surface area contributed by atoms with Gasteiger partial charge in [0.2, 0.25) is 0 Å². The molecule has 0 aromatic heterocycles. The molecule has 1 heterocycles. The molecular formula is C16H16O2S. The Labute approximate surface area is 115 Å². The lowest BCUT2D eigenvalue weighted by Gasteiger charge is -2.41. The lowest BCUT2D eigenvalue weighted by Crippen LogP contribution is -2.50. The predicted octanol–water partition coefficient (Wildman–Crippen LogP) is 2.44. The SMILES string of the molecule is O=[S@]1CC[C@H]1C(O)(c1ccccc1)c1ccccc1. The van der Waals surface area contributed by atoms with Gasteiger partial charge < -0.3 is 5.11 Å². The Kier molecular flexibility index (Phi) is 3.25. The molecule has 19 heavy (non-hydrogen) atoms. The van der Waals surface area contributed by atoms with E-state index in [-0.39, 0.29) is 5.25 Å². The van der Waals surface area contributed by atoms with Gasteiger partial charge in [0.25, 0.3) is 0 Å². The molecule has 3 rings (SSSR count). The standard InChI is InChI=1S/C16H16O2S/c17-16(15-11-12-19(15)18,13-7-3-1-4-8-13)14-9-5-2-6-10-14/h1-10,15,17H,11-12H2/t15-,19-/m0/s1. The topological polar surface area (TPSA) is 37.3 Å². The van der Waals surface area contributed by atoms with E-state index in [2.05, 4.69) is 0 Å². The average Bonchev–Trinajstić information content (AvgIpc) is 2.47. The summed E-state index contributed by atoms with van der Waals surface area (Å²) >= 11 is 0. The van der Waals surface area contributed by atoms with E-state index in [9.17, 15) is 9.32 Å². The Morgan fingerprint density at radius 3 is 1.74 bits per heavy atom. The quantitative estimate of drug-likeness (QED) is 0.932. The third-order valence-electron chi connectivity index (χ3n) is 3.79. The second-order valence-electron chi connectivity index (χ2n) is 4.86. The molecule has 2 aromatic rings. The maximum absolute atomic E-state index is 12.0. The molecule has 1 aliphatic rings. The van der Waals surface area contributed by atoms with Crippen LogP contribution in [0.25, 0.3) is 0 Å². The van der Waals surface area contributed by atoms with Gasteiger partial charge in [-0.2, -0.15) is 0 Å². The number of hydrogen-bond donors (Lipinski definition) is 1. The van der Waals surface area contributed by atoms with Crippen molar-refractivity contribution in [2.45, 2.75) is 17.3 Å². The van der Waals surface area contributed by atoms with Crippen molar-refractivity contribution < 1.29 is 9.32 Å². The first-order valence-corrected chi connectivity index (χ1v) is 7.82. The fraction of sp³-hybridized carbons (Fsp3) is 0.250. The molecule has 1 fully saturated rings. The Hall–Kier alpha value is -1.45. The van der Waals surface area contributed by atoms with Crippen molar-refractivity contribution >= 4 is 10.8 Å². The average molecular weight is 272 g/mol. The third kappa shape index (κ3) is 2.03. The summed E-state index contributed by atoms with van der Waals surface area (Å²) in [6, 6.07) is 19.1. The van der Waals surface area contributed by atoms with Gasteiger partial charge in [0.15, 0.2) is 0 Å². The van der Waals surface area contributed by atoms with Gasteiger partial charge in [0.05, 0.1) is 5.25 Å². The van der Waals surface area contributed by atoms with Crippen molar-refractivity contribution in [1.29, 1.82) is 0 Å². The summed E-state index contributed by atoms with van der Waals surface area (Å²) < 4.78 is 12.0. The van der Waals surface area contributed by atoms with E-state index in [1.54, 1.807) is 0 Å². The van der Waals surface area contributed by atoms with Crippen molar-refractivity contribution in [3.8, 4) is 0 Å². The monoisotopic (exact) mass is 272 g/mol. The molecule has 2 nitrogen and oxygen atoms in total. The minimum absolute atomic E-state index is 0.211. The van der Waals surface area contributed by atoms with Gasteiger partial charge in [0.1, 0.15) is 5.60 Å². The van der Waals surface area contributed by atoms with E-state index < -0.39 is 16.4 Å². The Morgan fingerprint density at radius 2 is 1.42 bits per heavy atom.